The Morgan fingerprint density at radius 2 is 1.93 bits per heavy atom. The highest BCUT2D eigenvalue weighted by Crippen LogP contribution is 2.32. The topological polar surface area (TPSA) is 68.8 Å². The molecule has 136 valence electrons. The van der Waals surface area contributed by atoms with E-state index in [1.165, 1.54) is 12.1 Å². The van der Waals surface area contributed by atoms with Crippen LogP contribution in [0.4, 0.5) is 4.39 Å². The molecule has 0 aliphatic carbocycles. The zero-order valence-corrected chi connectivity index (χ0v) is 14.6. The Balaban J connectivity index is 1.36. The van der Waals surface area contributed by atoms with Crippen LogP contribution in [-0.2, 0) is 18.4 Å². The largest absolute Gasteiger partial charge is 0.339 e. The Kier molecular flexibility index (Phi) is 3.75. The molecule has 4 aromatic rings. The number of nitrogens with one attached hydrogen (secondary N) is 1. The maximum atomic E-state index is 13.3. The highest BCUT2D eigenvalue weighted by molar-refractivity contribution is 5.74. The molecule has 27 heavy (non-hydrogen) atoms. The van der Waals surface area contributed by atoms with E-state index >= 15 is 0 Å². The predicted molar refractivity (Wildman–Crippen MR) is 97.8 cm³/mol. The van der Waals surface area contributed by atoms with Crippen LogP contribution >= 0.6 is 0 Å². The van der Waals surface area contributed by atoms with Gasteiger partial charge >= 0.3 is 0 Å². The fourth-order valence-electron chi connectivity index (χ4n) is 3.67. The van der Waals surface area contributed by atoms with Gasteiger partial charge in [0.1, 0.15) is 5.82 Å². The lowest BCUT2D eigenvalue weighted by atomic mass is 9.72. The van der Waals surface area contributed by atoms with Crippen LogP contribution in [0.1, 0.15) is 17.3 Å². The second kappa shape index (κ2) is 6.28. The molecular formula is C20H18FN5O. The van der Waals surface area contributed by atoms with Gasteiger partial charge in [0.25, 0.3) is 0 Å². The number of hydrogen-bond donors (Lipinski definition) is 1. The first-order valence-corrected chi connectivity index (χ1v) is 8.90. The predicted octanol–water partition coefficient (Wildman–Crippen LogP) is 2.69. The summed E-state index contributed by atoms with van der Waals surface area (Å²) in [6.07, 6.45) is 2.42. The third kappa shape index (κ3) is 2.90. The number of rotatable bonds is 5. The number of imidazole rings is 1. The van der Waals surface area contributed by atoms with Crippen molar-refractivity contribution in [3.05, 3.63) is 78.0 Å². The summed E-state index contributed by atoms with van der Waals surface area (Å²) in [7, 11) is 0. The van der Waals surface area contributed by atoms with Crippen LogP contribution in [0, 0.1) is 5.82 Å². The lowest BCUT2D eigenvalue weighted by molar-refractivity contribution is 0.243. The van der Waals surface area contributed by atoms with E-state index in [0.29, 0.717) is 24.7 Å². The summed E-state index contributed by atoms with van der Waals surface area (Å²) in [5.41, 5.74) is 2.94. The van der Waals surface area contributed by atoms with Crippen LogP contribution in [0.25, 0.3) is 11.0 Å². The first-order valence-electron chi connectivity index (χ1n) is 8.90. The van der Waals surface area contributed by atoms with Crippen molar-refractivity contribution in [2.45, 2.75) is 18.4 Å². The molecule has 0 saturated carbocycles. The van der Waals surface area contributed by atoms with Gasteiger partial charge in [0.05, 0.1) is 23.9 Å². The van der Waals surface area contributed by atoms with Crippen LogP contribution in [0.5, 0.6) is 0 Å². The van der Waals surface area contributed by atoms with E-state index in [1.807, 2.05) is 41.0 Å². The fraction of sp³-hybridized carbons (Fsp3) is 0.250. The molecule has 5 rings (SSSR count). The van der Waals surface area contributed by atoms with Crippen molar-refractivity contribution in [2.24, 2.45) is 0 Å². The fourth-order valence-corrected chi connectivity index (χ4v) is 3.67. The second-order valence-electron chi connectivity index (χ2n) is 7.03. The summed E-state index contributed by atoms with van der Waals surface area (Å²) in [4.78, 5) is 8.96. The minimum Gasteiger partial charge on any atom is -0.339 e. The van der Waals surface area contributed by atoms with E-state index in [2.05, 4.69) is 20.4 Å². The second-order valence-corrected chi connectivity index (χ2v) is 7.03. The molecule has 0 amide bonds. The van der Waals surface area contributed by atoms with E-state index in [0.717, 1.165) is 29.7 Å². The summed E-state index contributed by atoms with van der Waals surface area (Å²) in [5, 5.41) is 7.44. The first-order chi connectivity index (χ1) is 13.2. The molecule has 3 heterocycles. The third-order valence-electron chi connectivity index (χ3n) is 5.22. The van der Waals surface area contributed by atoms with E-state index < -0.39 is 0 Å². The van der Waals surface area contributed by atoms with Crippen molar-refractivity contribution in [1.82, 2.24) is 25.0 Å². The van der Waals surface area contributed by atoms with Crippen LogP contribution in [0.3, 0.4) is 0 Å². The Morgan fingerprint density at radius 3 is 2.70 bits per heavy atom. The quantitative estimate of drug-likeness (QED) is 0.590. The summed E-state index contributed by atoms with van der Waals surface area (Å²) >= 11 is 0. The van der Waals surface area contributed by atoms with Crippen molar-refractivity contribution >= 4 is 11.0 Å². The van der Waals surface area contributed by atoms with Gasteiger partial charge < -0.3 is 14.4 Å². The Bertz CT molecular complexity index is 1080. The summed E-state index contributed by atoms with van der Waals surface area (Å²) in [6.45, 7) is 2.12. The van der Waals surface area contributed by atoms with Crippen molar-refractivity contribution in [3.8, 4) is 0 Å². The minimum atomic E-state index is -0.228. The molecule has 0 atom stereocenters. The van der Waals surface area contributed by atoms with Gasteiger partial charge in [-0.25, -0.2) is 9.37 Å². The van der Waals surface area contributed by atoms with Crippen molar-refractivity contribution in [2.75, 3.05) is 13.1 Å². The molecule has 1 N–H and O–H groups in total. The van der Waals surface area contributed by atoms with Gasteiger partial charge in [-0.1, -0.05) is 29.4 Å². The number of halogens is 1. The zero-order valence-electron chi connectivity index (χ0n) is 14.6. The average molecular weight is 363 g/mol. The van der Waals surface area contributed by atoms with Gasteiger partial charge in [0.15, 0.2) is 5.82 Å². The Labute approximate surface area is 155 Å². The van der Waals surface area contributed by atoms with Gasteiger partial charge in [-0.3, -0.25) is 0 Å². The minimum absolute atomic E-state index is 0.126. The van der Waals surface area contributed by atoms with Gasteiger partial charge in [0, 0.05) is 24.9 Å². The average Bonchev–Trinajstić information content (AvgIpc) is 3.27. The maximum absolute atomic E-state index is 13.3. The molecule has 1 aliphatic heterocycles. The van der Waals surface area contributed by atoms with Crippen LogP contribution in [0.15, 0.2) is 59.4 Å². The van der Waals surface area contributed by atoms with Gasteiger partial charge in [0.2, 0.25) is 5.89 Å². The number of fused-ring (bicyclic) bond motifs is 1. The van der Waals surface area contributed by atoms with Gasteiger partial charge in [-0.2, -0.15) is 4.98 Å². The molecule has 0 bridgehead atoms. The van der Waals surface area contributed by atoms with Crippen LogP contribution in [0.2, 0.25) is 0 Å². The van der Waals surface area contributed by atoms with E-state index in [1.54, 1.807) is 6.33 Å². The molecule has 1 aliphatic rings. The highest BCUT2D eigenvalue weighted by atomic mass is 19.1. The number of para-hydroxylation sites is 2. The molecule has 1 saturated heterocycles. The van der Waals surface area contributed by atoms with E-state index in [9.17, 15) is 4.39 Å². The molecule has 6 nitrogen and oxygen atoms in total. The lowest BCUT2D eigenvalue weighted by Crippen LogP contribution is -2.58. The first kappa shape index (κ1) is 16.1. The molecule has 7 heteroatoms. The number of nitrogens with zero attached hydrogens (tertiary/aromatic N) is 4. The van der Waals surface area contributed by atoms with Crippen LogP contribution < -0.4 is 5.32 Å². The van der Waals surface area contributed by atoms with Crippen LogP contribution in [-0.4, -0.2) is 32.8 Å². The molecule has 0 spiro atoms. The number of hydrogen-bond acceptors (Lipinski definition) is 5. The molecule has 2 aromatic carbocycles. The summed E-state index contributed by atoms with van der Waals surface area (Å²) < 4.78 is 20.8. The molecule has 0 unspecified atom stereocenters. The molecule has 2 aromatic heterocycles. The number of benzene rings is 2. The molecule has 0 radical (unpaired) electrons. The maximum Gasteiger partial charge on any atom is 0.227 e. The Morgan fingerprint density at radius 1 is 1.11 bits per heavy atom. The number of aromatic nitrogens is 4. The monoisotopic (exact) mass is 363 g/mol. The lowest BCUT2D eigenvalue weighted by Gasteiger charge is -2.42. The summed E-state index contributed by atoms with van der Waals surface area (Å²) in [5.74, 6) is 0.990. The van der Waals surface area contributed by atoms with Gasteiger partial charge in [-0.05, 0) is 29.8 Å². The smallest absolute Gasteiger partial charge is 0.227 e. The van der Waals surface area contributed by atoms with Crippen molar-refractivity contribution < 1.29 is 8.91 Å². The normalized spacial score (nSPS) is 15.7. The van der Waals surface area contributed by atoms with Crippen molar-refractivity contribution in [3.63, 3.8) is 0 Å². The standard InChI is InChI=1S/C20H18FN5O/c21-15-7-5-14(6-8-15)20(11-22-12-20)9-19-24-18(25-27-19)10-26-13-23-16-3-1-2-4-17(16)26/h1-8,13,22H,9-12H2. The summed E-state index contributed by atoms with van der Waals surface area (Å²) in [6, 6.07) is 14.6. The van der Waals surface area contributed by atoms with Crippen molar-refractivity contribution in [1.29, 1.82) is 0 Å². The Hall–Kier alpha value is -3.06. The van der Waals surface area contributed by atoms with E-state index in [-0.39, 0.29) is 11.2 Å². The third-order valence-corrected chi connectivity index (χ3v) is 5.22. The SMILES string of the molecule is Fc1ccc(C2(Cc3nc(Cn4cnc5ccccc54)no3)CNC2)cc1. The zero-order chi connectivity index (χ0) is 18.3. The highest BCUT2D eigenvalue weighted by Gasteiger charge is 2.40. The molecule has 1 fully saturated rings. The molecular weight excluding hydrogens is 345 g/mol. The van der Waals surface area contributed by atoms with Gasteiger partial charge in [-0.15, -0.1) is 0 Å². The van der Waals surface area contributed by atoms with E-state index in [4.69, 9.17) is 4.52 Å².